The molecule has 0 saturated heterocycles. The van der Waals surface area contributed by atoms with Gasteiger partial charge in [-0.3, -0.25) is 0 Å². The Morgan fingerprint density at radius 2 is 1.80 bits per heavy atom. The fourth-order valence-electron chi connectivity index (χ4n) is 2.17. The minimum Gasteiger partial charge on any atom is -0.456 e. The number of esters is 1. The lowest BCUT2D eigenvalue weighted by Gasteiger charge is -2.11. The largest absolute Gasteiger partial charge is 0.456 e. The maximum atomic E-state index is 12.0. The molecule has 25 heavy (non-hydrogen) atoms. The molecule has 0 fully saturated rings. The minimum absolute atomic E-state index is 0.0493. The molecule has 0 aliphatic carbocycles. The first-order valence-corrected chi connectivity index (χ1v) is 7.86. The van der Waals surface area contributed by atoms with Gasteiger partial charge in [0.2, 0.25) is 0 Å². The van der Waals surface area contributed by atoms with Gasteiger partial charge in [0.1, 0.15) is 17.7 Å². The highest BCUT2D eigenvalue weighted by Crippen LogP contribution is 2.18. The van der Waals surface area contributed by atoms with E-state index in [9.17, 15) is 10.1 Å². The number of para-hydroxylation sites is 1. The summed E-state index contributed by atoms with van der Waals surface area (Å²) in [6.45, 7) is 1.99. The molecule has 0 heterocycles. The second-order valence-corrected chi connectivity index (χ2v) is 5.45. The van der Waals surface area contributed by atoms with Crippen molar-refractivity contribution in [2.24, 2.45) is 0 Å². The molecular weight excluding hydrogens is 316 g/mol. The van der Waals surface area contributed by atoms with Crippen LogP contribution in [0, 0.1) is 11.3 Å². The number of anilines is 2. The number of hydrogen-bond acceptors (Lipinski definition) is 5. The van der Waals surface area contributed by atoms with Crippen molar-refractivity contribution in [3.8, 4) is 6.07 Å². The number of ether oxygens (including phenoxy) is 2. The van der Waals surface area contributed by atoms with Gasteiger partial charge in [0.05, 0.1) is 6.61 Å². The van der Waals surface area contributed by atoms with E-state index < -0.39 is 12.1 Å². The van der Waals surface area contributed by atoms with Crippen molar-refractivity contribution < 1.29 is 14.3 Å². The Bertz CT molecular complexity index is 762. The van der Waals surface area contributed by atoms with Gasteiger partial charge in [-0.1, -0.05) is 30.3 Å². The van der Waals surface area contributed by atoms with Crippen LogP contribution < -0.4 is 5.32 Å². The van der Waals surface area contributed by atoms with Crippen LogP contribution in [0.15, 0.2) is 60.2 Å². The third kappa shape index (κ3) is 5.79. The van der Waals surface area contributed by atoms with E-state index in [2.05, 4.69) is 5.32 Å². The molecule has 2 aromatic rings. The predicted octanol–water partition coefficient (Wildman–Crippen LogP) is 3.92. The summed E-state index contributed by atoms with van der Waals surface area (Å²) in [5.74, 6) is -0.654. The minimum atomic E-state index is -0.654. The van der Waals surface area contributed by atoms with E-state index in [4.69, 9.17) is 9.47 Å². The Hall–Kier alpha value is -3.10. The Morgan fingerprint density at radius 1 is 1.16 bits per heavy atom. The van der Waals surface area contributed by atoms with Crippen LogP contribution in [0.4, 0.5) is 11.4 Å². The SMILES string of the molecule is COC[C@H](C)OC(=O)/C(C#N)=C/c1ccc(Nc2ccccc2)cc1. The first kappa shape index (κ1) is 18.2. The highest BCUT2D eigenvalue weighted by atomic mass is 16.6. The molecule has 1 N–H and O–H groups in total. The fourth-order valence-corrected chi connectivity index (χ4v) is 2.17. The number of hydrogen-bond donors (Lipinski definition) is 1. The number of rotatable bonds is 7. The van der Waals surface area contributed by atoms with Crippen molar-refractivity contribution in [3.63, 3.8) is 0 Å². The summed E-state index contributed by atoms with van der Waals surface area (Å²) >= 11 is 0. The molecule has 0 unspecified atom stereocenters. The first-order chi connectivity index (χ1) is 12.1. The van der Waals surface area contributed by atoms with Gasteiger partial charge in [-0.15, -0.1) is 0 Å². The van der Waals surface area contributed by atoms with Gasteiger partial charge in [-0.05, 0) is 42.8 Å². The summed E-state index contributed by atoms with van der Waals surface area (Å²) in [5, 5.41) is 12.5. The van der Waals surface area contributed by atoms with Gasteiger partial charge in [-0.25, -0.2) is 4.79 Å². The molecule has 5 nitrogen and oxygen atoms in total. The molecule has 2 rings (SSSR count). The molecule has 0 saturated carbocycles. The standard InChI is InChI=1S/C20H20N2O3/c1-15(14-24-2)25-20(23)17(13-21)12-16-8-10-19(11-9-16)22-18-6-4-3-5-7-18/h3-12,15,22H,14H2,1-2H3/b17-12+/t15-/m0/s1. The predicted molar refractivity (Wildman–Crippen MR) is 97.2 cm³/mol. The van der Waals surface area contributed by atoms with Gasteiger partial charge >= 0.3 is 5.97 Å². The van der Waals surface area contributed by atoms with Crippen molar-refractivity contribution >= 4 is 23.4 Å². The second-order valence-electron chi connectivity index (χ2n) is 5.45. The second kappa shape index (κ2) is 9.26. The lowest BCUT2D eigenvalue weighted by Crippen LogP contribution is -2.20. The van der Waals surface area contributed by atoms with Crippen molar-refractivity contribution in [2.45, 2.75) is 13.0 Å². The third-order valence-corrected chi connectivity index (χ3v) is 3.33. The van der Waals surface area contributed by atoms with Crippen LogP contribution >= 0.6 is 0 Å². The zero-order chi connectivity index (χ0) is 18.1. The number of carbonyl (C=O) groups excluding carboxylic acids is 1. The summed E-state index contributed by atoms with van der Waals surface area (Å²) in [6.07, 6.45) is 1.10. The molecule has 0 amide bonds. The number of nitriles is 1. The fraction of sp³-hybridized carbons (Fsp3) is 0.200. The number of methoxy groups -OCH3 is 1. The summed E-state index contributed by atoms with van der Waals surface area (Å²) in [4.78, 5) is 12.0. The molecule has 0 spiro atoms. The molecule has 0 aliphatic rings. The Balaban J connectivity index is 2.05. The van der Waals surface area contributed by atoms with Gasteiger partial charge in [0, 0.05) is 18.5 Å². The van der Waals surface area contributed by atoms with Crippen LogP contribution in [-0.2, 0) is 14.3 Å². The van der Waals surface area contributed by atoms with Crippen molar-refractivity contribution in [3.05, 3.63) is 65.7 Å². The molecule has 0 aliphatic heterocycles. The normalized spacial score (nSPS) is 12.1. The summed E-state index contributed by atoms with van der Waals surface area (Å²) in [6, 6.07) is 19.1. The van der Waals surface area contributed by atoms with Gasteiger partial charge in [0.15, 0.2) is 0 Å². The van der Waals surface area contributed by atoms with E-state index in [0.717, 1.165) is 16.9 Å². The quantitative estimate of drug-likeness (QED) is 0.471. The van der Waals surface area contributed by atoms with Crippen LogP contribution in [0.1, 0.15) is 12.5 Å². The van der Waals surface area contributed by atoms with Crippen LogP contribution in [-0.4, -0.2) is 25.8 Å². The molecule has 5 heteroatoms. The lowest BCUT2D eigenvalue weighted by atomic mass is 10.1. The maximum Gasteiger partial charge on any atom is 0.349 e. The molecule has 1 atom stereocenters. The van der Waals surface area contributed by atoms with Crippen LogP contribution in [0.2, 0.25) is 0 Å². The van der Waals surface area contributed by atoms with E-state index >= 15 is 0 Å². The lowest BCUT2D eigenvalue weighted by molar-refractivity contribution is -0.145. The highest BCUT2D eigenvalue weighted by molar-refractivity contribution is 5.98. The molecule has 128 valence electrons. The van der Waals surface area contributed by atoms with Crippen LogP contribution in [0.25, 0.3) is 6.08 Å². The maximum absolute atomic E-state index is 12.0. The number of nitrogens with zero attached hydrogens (tertiary/aromatic N) is 1. The Labute approximate surface area is 147 Å². The molecule has 0 aromatic heterocycles. The van der Waals surface area contributed by atoms with E-state index in [1.165, 1.54) is 13.2 Å². The summed E-state index contributed by atoms with van der Waals surface area (Å²) in [7, 11) is 1.52. The average Bonchev–Trinajstić information content (AvgIpc) is 2.62. The first-order valence-electron chi connectivity index (χ1n) is 7.86. The van der Waals surface area contributed by atoms with E-state index in [1.807, 2.05) is 60.7 Å². The van der Waals surface area contributed by atoms with Crippen LogP contribution in [0.3, 0.4) is 0 Å². The monoisotopic (exact) mass is 336 g/mol. The molecule has 0 bridgehead atoms. The number of nitrogens with one attached hydrogen (secondary N) is 1. The molecule has 2 aromatic carbocycles. The zero-order valence-corrected chi connectivity index (χ0v) is 14.2. The smallest absolute Gasteiger partial charge is 0.349 e. The van der Waals surface area contributed by atoms with Crippen molar-refractivity contribution in [1.29, 1.82) is 5.26 Å². The molecule has 0 radical (unpaired) electrons. The van der Waals surface area contributed by atoms with Crippen LogP contribution in [0.5, 0.6) is 0 Å². The van der Waals surface area contributed by atoms with E-state index in [1.54, 1.807) is 6.92 Å². The Morgan fingerprint density at radius 3 is 2.40 bits per heavy atom. The van der Waals surface area contributed by atoms with Crippen molar-refractivity contribution in [1.82, 2.24) is 0 Å². The van der Waals surface area contributed by atoms with Gasteiger partial charge < -0.3 is 14.8 Å². The van der Waals surface area contributed by atoms with E-state index in [0.29, 0.717) is 0 Å². The number of carbonyl (C=O) groups is 1. The average molecular weight is 336 g/mol. The Kier molecular flexibility index (Phi) is 6.76. The number of benzene rings is 2. The topological polar surface area (TPSA) is 71.3 Å². The van der Waals surface area contributed by atoms with E-state index in [-0.39, 0.29) is 12.2 Å². The van der Waals surface area contributed by atoms with Gasteiger partial charge in [0.25, 0.3) is 0 Å². The third-order valence-electron chi connectivity index (χ3n) is 3.33. The zero-order valence-electron chi connectivity index (χ0n) is 14.2. The summed E-state index contributed by atoms with van der Waals surface area (Å²) < 4.78 is 10.1. The highest BCUT2D eigenvalue weighted by Gasteiger charge is 2.14. The van der Waals surface area contributed by atoms with Crippen molar-refractivity contribution in [2.75, 3.05) is 19.0 Å². The summed E-state index contributed by atoms with van der Waals surface area (Å²) in [5.41, 5.74) is 2.59. The molecular formula is C20H20N2O3. The van der Waals surface area contributed by atoms with Gasteiger partial charge in [-0.2, -0.15) is 5.26 Å².